The molecule has 0 saturated carbocycles. The second-order valence-electron chi connectivity index (χ2n) is 8.83. The van der Waals surface area contributed by atoms with Crippen LogP contribution in [0.5, 0.6) is 0 Å². The highest BCUT2D eigenvalue weighted by Crippen LogP contribution is 2.44. The minimum Gasteiger partial charge on any atom is -0.371 e. The largest absolute Gasteiger partial charge is 0.371 e. The molecule has 2 aliphatic rings. The van der Waals surface area contributed by atoms with Crippen molar-refractivity contribution in [3.63, 3.8) is 0 Å². The molecule has 1 N–H and O–H groups in total. The number of anilines is 1. The topological polar surface area (TPSA) is 60.6 Å². The quantitative estimate of drug-likeness (QED) is 0.501. The summed E-state index contributed by atoms with van der Waals surface area (Å²) in [4.78, 5) is 0. The molecule has 0 spiro atoms. The lowest BCUT2D eigenvalue weighted by atomic mass is 9.92. The third kappa shape index (κ3) is 2.46. The standard InChI is InChI=1S/C24H23FN6/c1-5-20-28-29-23-24(3,4)27-18-11-17(25)21(13(2)22(18)30(20)23)15-7-6-8-19-16(15)12-26-31(19)14-9-10-14/h6-9,11-12,27H,5,10H2,1-4H3. The van der Waals surface area contributed by atoms with Crippen LogP contribution in [0.4, 0.5) is 10.1 Å². The minimum atomic E-state index is -0.451. The van der Waals surface area contributed by atoms with Crippen molar-refractivity contribution in [3.8, 4) is 16.8 Å². The first-order valence-corrected chi connectivity index (χ1v) is 10.6. The Balaban J connectivity index is 1.65. The van der Waals surface area contributed by atoms with Gasteiger partial charge in [0, 0.05) is 29.5 Å². The van der Waals surface area contributed by atoms with E-state index < -0.39 is 5.54 Å². The van der Waals surface area contributed by atoms with E-state index in [0.29, 0.717) is 5.56 Å². The molecule has 0 amide bonds. The molecule has 0 atom stereocenters. The molecule has 156 valence electrons. The molecule has 6 nitrogen and oxygen atoms in total. The van der Waals surface area contributed by atoms with E-state index in [-0.39, 0.29) is 5.82 Å². The Labute approximate surface area is 179 Å². The fraction of sp³-hybridized carbons (Fsp3) is 0.292. The van der Waals surface area contributed by atoms with Gasteiger partial charge in [-0.3, -0.25) is 4.57 Å². The van der Waals surface area contributed by atoms with Crippen LogP contribution in [0.25, 0.3) is 33.4 Å². The molecule has 2 aromatic carbocycles. The molecule has 7 heteroatoms. The van der Waals surface area contributed by atoms with Gasteiger partial charge in [-0.15, -0.1) is 10.2 Å². The van der Waals surface area contributed by atoms with Gasteiger partial charge in [0.15, 0.2) is 5.82 Å². The minimum absolute atomic E-state index is 0.250. The highest BCUT2D eigenvalue weighted by atomic mass is 19.1. The zero-order chi connectivity index (χ0) is 21.5. The fourth-order valence-corrected chi connectivity index (χ4v) is 4.78. The second kappa shape index (κ2) is 6.03. The van der Waals surface area contributed by atoms with Crippen molar-refractivity contribution in [2.45, 2.75) is 46.1 Å². The van der Waals surface area contributed by atoms with Crippen molar-refractivity contribution in [2.75, 3.05) is 5.32 Å². The van der Waals surface area contributed by atoms with E-state index in [2.05, 4.69) is 38.2 Å². The maximum Gasteiger partial charge on any atom is 0.162 e. The molecule has 0 unspecified atom stereocenters. The summed E-state index contributed by atoms with van der Waals surface area (Å²) in [6.07, 6.45) is 5.67. The Morgan fingerprint density at radius 3 is 2.77 bits per heavy atom. The van der Waals surface area contributed by atoms with E-state index in [0.717, 1.165) is 57.9 Å². The van der Waals surface area contributed by atoms with E-state index in [1.807, 2.05) is 49.8 Å². The van der Waals surface area contributed by atoms with E-state index in [1.165, 1.54) is 5.70 Å². The summed E-state index contributed by atoms with van der Waals surface area (Å²) in [7, 11) is 0. The predicted octanol–water partition coefficient (Wildman–Crippen LogP) is 5.20. The van der Waals surface area contributed by atoms with Crippen LogP contribution in [-0.2, 0) is 12.0 Å². The molecule has 0 bridgehead atoms. The van der Waals surface area contributed by atoms with Crippen LogP contribution in [-0.4, -0.2) is 24.5 Å². The van der Waals surface area contributed by atoms with Gasteiger partial charge in [-0.1, -0.05) is 25.1 Å². The number of aromatic nitrogens is 5. The highest BCUT2D eigenvalue weighted by molar-refractivity contribution is 5.98. The first-order chi connectivity index (χ1) is 14.9. The number of halogens is 1. The van der Waals surface area contributed by atoms with Crippen LogP contribution in [0.15, 0.2) is 36.5 Å². The molecular weight excluding hydrogens is 391 g/mol. The predicted molar refractivity (Wildman–Crippen MR) is 120 cm³/mol. The molecule has 0 radical (unpaired) electrons. The molecular formula is C24H23FN6. The van der Waals surface area contributed by atoms with Gasteiger partial charge < -0.3 is 5.32 Å². The average molecular weight is 414 g/mol. The number of rotatable bonds is 3. The Bertz CT molecular complexity index is 1420. The Morgan fingerprint density at radius 1 is 1.23 bits per heavy atom. The molecule has 6 rings (SSSR count). The van der Waals surface area contributed by atoms with Crippen molar-refractivity contribution in [1.29, 1.82) is 0 Å². The number of fused-ring (bicyclic) bond motifs is 4. The van der Waals surface area contributed by atoms with Gasteiger partial charge in [-0.05, 0) is 44.0 Å². The number of hydrogen-bond acceptors (Lipinski definition) is 4. The van der Waals surface area contributed by atoms with Gasteiger partial charge in [0.1, 0.15) is 11.6 Å². The van der Waals surface area contributed by atoms with Gasteiger partial charge in [-0.25, -0.2) is 9.07 Å². The zero-order valence-corrected chi connectivity index (χ0v) is 18.0. The summed E-state index contributed by atoms with van der Waals surface area (Å²) in [5.74, 6) is 1.46. The third-order valence-electron chi connectivity index (χ3n) is 6.31. The molecule has 2 aromatic heterocycles. The smallest absolute Gasteiger partial charge is 0.162 e. The lowest BCUT2D eigenvalue weighted by Crippen LogP contribution is -2.36. The second-order valence-corrected chi connectivity index (χ2v) is 8.83. The number of nitrogens with zero attached hydrogens (tertiary/aromatic N) is 5. The van der Waals surface area contributed by atoms with E-state index >= 15 is 4.39 Å². The lowest BCUT2D eigenvalue weighted by molar-refractivity contribution is 0.531. The summed E-state index contributed by atoms with van der Waals surface area (Å²) in [6, 6.07) is 7.59. The number of nitrogens with one attached hydrogen (secondary N) is 1. The van der Waals surface area contributed by atoms with Crippen LogP contribution in [0, 0.1) is 12.7 Å². The highest BCUT2D eigenvalue weighted by Gasteiger charge is 2.36. The summed E-state index contributed by atoms with van der Waals surface area (Å²) in [5.41, 5.74) is 5.71. The molecule has 1 aliphatic carbocycles. The van der Waals surface area contributed by atoms with Gasteiger partial charge >= 0.3 is 0 Å². The maximum absolute atomic E-state index is 15.6. The molecule has 0 saturated heterocycles. The lowest BCUT2D eigenvalue weighted by Gasteiger charge is -2.35. The summed E-state index contributed by atoms with van der Waals surface area (Å²) < 4.78 is 19.7. The van der Waals surface area contributed by atoms with Crippen LogP contribution >= 0.6 is 0 Å². The molecule has 31 heavy (non-hydrogen) atoms. The number of allylic oxidation sites excluding steroid dienone is 2. The van der Waals surface area contributed by atoms with Crippen LogP contribution in [0.3, 0.4) is 0 Å². The normalized spacial score (nSPS) is 16.0. The zero-order valence-electron chi connectivity index (χ0n) is 18.0. The fourth-order valence-electron chi connectivity index (χ4n) is 4.78. The Kier molecular flexibility index (Phi) is 3.56. The average Bonchev–Trinajstić information content (AvgIpc) is 3.31. The maximum atomic E-state index is 15.6. The Hall–Kier alpha value is -3.48. The number of benzene rings is 2. The summed E-state index contributed by atoms with van der Waals surface area (Å²) in [5, 5.41) is 17.8. The van der Waals surface area contributed by atoms with E-state index in [9.17, 15) is 0 Å². The molecule has 3 heterocycles. The van der Waals surface area contributed by atoms with Crippen molar-refractivity contribution < 1.29 is 4.39 Å². The third-order valence-corrected chi connectivity index (χ3v) is 6.31. The molecule has 1 aliphatic heterocycles. The van der Waals surface area contributed by atoms with Crippen molar-refractivity contribution >= 4 is 22.3 Å². The monoisotopic (exact) mass is 414 g/mol. The van der Waals surface area contributed by atoms with Gasteiger partial charge in [0.25, 0.3) is 0 Å². The van der Waals surface area contributed by atoms with E-state index in [4.69, 9.17) is 0 Å². The number of aryl methyl sites for hydroxylation is 1. The van der Waals surface area contributed by atoms with Crippen LogP contribution in [0.2, 0.25) is 0 Å². The van der Waals surface area contributed by atoms with Gasteiger partial charge in [0.2, 0.25) is 0 Å². The summed E-state index contributed by atoms with van der Waals surface area (Å²) >= 11 is 0. The number of hydrogen-bond donors (Lipinski definition) is 1. The Morgan fingerprint density at radius 2 is 2.03 bits per heavy atom. The first kappa shape index (κ1) is 18.3. The van der Waals surface area contributed by atoms with Crippen molar-refractivity contribution in [1.82, 2.24) is 24.5 Å². The van der Waals surface area contributed by atoms with Crippen molar-refractivity contribution in [2.24, 2.45) is 0 Å². The van der Waals surface area contributed by atoms with Crippen LogP contribution in [0.1, 0.15) is 44.4 Å². The van der Waals surface area contributed by atoms with Crippen molar-refractivity contribution in [3.05, 3.63) is 59.6 Å². The van der Waals surface area contributed by atoms with Gasteiger partial charge in [0.05, 0.1) is 28.6 Å². The van der Waals surface area contributed by atoms with Gasteiger partial charge in [-0.2, -0.15) is 5.10 Å². The van der Waals surface area contributed by atoms with Crippen LogP contribution < -0.4 is 5.32 Å². The molecule has 0 fully saturated rings. The SMILES string of the molecule is CCc1nnc2n1-c1c(cc(F)c(-c3cccc4c3cnn4C3=CC3)c1C)NC2(C)C. The summed E-state index contributed by atoms with van der Waals surface area (Å²) in [6.45, 7) is 8.12. The molecule has 4 aromatic rings. The van der Waals surface area contributed by atoms with E-state index in [1.54, 1.807) is 6.07 Å². The first-order valence-electron chi connectivity index (χ1n) is 10.6.